The molecule has 0 aliphatic rings. The lowest BCUT2D eigenvalue weighted by atomic mass is 10.1. The molecule has 1 N–H and O–H groups in total. The number of aryl methyl sites for hydroxylation is 1. The van der Waals surface area contributed by atoms with Crippen LogP contribution in [-0.2, 0) is 0 Å². The van der Waals surface area contributed by atoms with Gasteiger partial charge >= 0.3 is 0 Å². The Morgan fingerprint density at radius 1 is 1.46 bits per heavy atom. The third-order valence-corrected chi connectivity index (χ3v) is 1.61. The van der Waals surface area contributed by atoms with Gasteiger partial charge in [-0.15, -0.1) is 0 Å². The molecule has 64 valence electrons. The zero-order valence-corrected chi connectivity index (χ0v) is 7.33. The summed E-state index contributed by atoms with van der Waals surface area (Å²) < 4.78 is 0. The predicted molar refractivity (Wildman–Crippen MR) is 50.0 cm³/mol. The van der Waals surface area contributed by atoms with Gasteiger partial charge in [-0.2, -0.15) is 5.26 Å². The fourth-order valence-electron chi connectivity index (χ4n) is 0.924. The first-order valence-electron chi connectivity index (χ1n) is 3.89. The van der Waals surface area contributed by atoms with Gasteiger partial charge in [0, 0.05) is 5.56 Å². The van der Waals surface area contributed by atoms with E-state index in [4.69, 9.17) is 10.4 Å². The molecule has 2 nitrogen and oxygen atoms in total. The Hall–Kier alpha value is -1.93. The molecule has 1 rings (SSSR count). The number of hydrogen-bond acceptors (Lipinski definition) is 2. The van der Waals surface area contributed by atoms with Crippen LogP contribution in [0.15, 0.2) is 18.2 Å². The number of benzene rings is 1. The fourth-order valence-corrected chi connectivity index (χ4v) is 0.924. The quantitative estimate of drug-likeness (QED) is 0.606. The maximum atomic E-state index is 9.16. The summed E-state index contributed by atoms with van der Waals surface area (Å²) >= 11 is 0. The summed E-state index contributed by atoms with van der Waals surface area (Å²) in [6.45, 7) is 1.91. The summed E-state index contributed by atoms with van der Waals surface area (Å²) in [6.07, 6.45) is 0.217. The van der Waals surface area contributed by atoms with E-state index in [1.807, 2.05) is 13.0 Å². The van der Waals surface area contributed by atoms with E-state index in [1.165, 1.54) is 0 Å². The highest BCUT2D eigenvalue weighted by Crippen LogP contribution is 2.14. The number of hydrogen-bond donors (Lipinski definition) is 1. The van der Waals surface area contributed by atoms with E-state index < -0.39 is 0 Å². The maximum absolute atomic E-state index is 9.16. The topological polar surface area (TPSA) is 44.0 Å². The zero-order valence-electron chi connectivity index (χ0n) is 7.33. The molecule has 0 aliphatic heterocycles. The minimum absolute atomic E-state index is 0.201. The SMILES string of the molecule is Cc1ccc(O)cc1C#CCC#N. The van der Waals surface area contributed by atoms with Crippen molar-refractivity contribution >= 4 is 0 Å². The standard InChI is InChI=1S/C11H9NO/c1-9-5-6-11(13)8-10(9)4-2-3-7-12/h5-6,8,13H,3H2,1H3. The second-order valence-electron chi connectivity index (χ2n) is 2.64. The lowest BCUT2D eigenvalue weighted by Gasteiger charge is -1.97. The van der Waals surface area contributed by atoms with E-state index >= 15 is 0 Å². The van der Waals surface area contributed by atoms with Gasteiger partial charge in [-0.25, -0.2) is 0 Å². The molecule has 0 fully saturated rings. The monoisotopic (exact) mass is 171 g/mol. The van der Waals surface area contributed by atoms with Crippen molar-refractivity contribution in [1.29, 1.82) is 5.26 Å². The molecular weight excluding hydrogens is 162 g/mol. The summed E-state index contributed by atoms with van der Waals surface area (Å²) in [7, 11) is 0. The Labute approximate surface area is 77.4 Å². The second kappa shape index (κ2) is 4.18. The first-order valence-corrected chi connectivity index (χ1v) is 3.89. The Morgan fingerprint density at radius 3 is 2.92 bits per heavy atom. The number of nitrogens with zero attached hydrogens (tertiary/aromatic N) is 1. The molecule has 0 aromatic heterocycles. The molecular formula is C11H9NO. The number of rotatable bonds is 0. The molecule has 0 saturated heterocycles. The van der Waals surface area contributed by atoms with Crippen LogP contribution in [0.2, 0.25) is 0 Å². The molecule has 1 aromatic carbocycles. The van der Waals surface area contributed by atoms with Crippen LogP contribution in [0, 0.1) is 30.1 Å². The molecule has 13 heavy (non-hydrogen) atoms. The van der Waals surface area contributed by atoms with Crippen molar-refractivity contribution in [3.8, 4) is 23.7 Å². The van der Waals surface area contributed by atoms with Crippen LogP contribution in [0.5, 0.6) is 5.75 Å². The molecule has 0 unspecified atom stereocenters. The van der Waals surface area contributed by atoms with Gasteiger partial charge in [0.05, 0.1) is 12.5 Å². The minimum atomic E-state index is 0.201. The molecule has 0 atom stereocenters. The van der Waals surface area contributed by atoms with Crippen molar-refractivity contribution in [3.63, 3.8) is 0 Å². The van der Waals surface area contributed by atoms with Gasteiger partial charge in [0.25, 0.3) is 0 Å². The van der Waals surface area contributed by atoms with E-state index in [1.54, 1.807) is 18.2 Å². The minimum Gasteiger partial charge on any atom is -0.508 e. The number of phenolic OH excluding ortho intramolecular Hbond substituents is 1. The molecule has 0 aliphatic carbocycles. The van der Waals surface area contributed by atoms with Crippen LogP contribution >= 0.6 is 0 Å². The van der Waals surface area contributed by atoms with Crippen molar-refractivity contribution in [1.82, 2.24) is 0 Å². The Morgan fingerprint density at radius 2 is 2.23 bits per heavy atom. The summed E-state index contributed by atoms with van der Waals surface area (Å²) in [5, 5.41) is 17.4. The number of aromatic hydroxyl groups is 1. The lowest BCUT2D eigenvalue weighted by molar-refractivity contribution is 0.475. The largest absolute Gasteiger partial charge is 0.508 e. The van der Waals surface area contributed by atoms with Crippen molar-refractivity contribution < 1.29 is 5.11 Å². The van der Waals surface area contributed by atoms with Crippen LogP contribution < -0.4 is 0 Å². The average molecular weight is 171 g/mol. The molecule has 0 bridgehead atoms. The lowest BCUT2D eigenvalue weighted by Crippen LogP contribution is -1.80. The third kappa shape index (κ3) is 2.54. The van der Waals surface area contributed by atoms with Gasteiger partial charge in [-0.05, 0) is 24.6 Å². The molecule has 1 aromatic rings. The van der Waals surface area contributed by atoms with Gasteiger partial charge in [-0.1, -0.05) is 17.9 Å². The smallest absolute Gasteiger partial charge is 0.116 e. The van der Waals surface area contributed by atoms with E-state index in [0.29, 0.717) is 0 Å². The van der Waals surface area contributed by atoms with Crippen LogP contribution in [0.1, 0.15) is 17.5 Å². The van der Waals surface area contributed by atoms with Crippen molar-refractivity contribution in [3.05, 3.63) is 29.3 Å². The highest BCUT2D eigenvalue weighted by molar-refractivity contribution is 5.45. The summed E-state index contributed by atoms with van der Waals surface area (Å²) in [4.78, 5) is 0. The maximum Gasteiger partial charge on any atom is 0.116 e. The van der Waals surface area contributed by atoms with Crippen molar-refractivity contribution in [2.75, 3.05) is 0 Å². The first kappa shape index (κ1) is 9.16. The normalized spacial score (nSPS) is 8.31. The van der Waals surface area contributed by atoms with Crippen LogP contribution in [0.25, 0.3) is 0 Å². The number of nitriles is 1. The van der Waals surface area contributed by atoms with Gasteiger partial charge in [0.2, 0.25) is 0 Å². The third-order valence-electron chi connectivity index (χ3n) is 1.61. The Bertz CT molecular complexity index is 404. The van der Waals surface area contributed by atoms with Gasteiger partial charge in [-0.3, -0.25) is 0 Å². The summed E-state index contributed by atoms with van der Waals surface area (Å²) in [6, 6.07) is 6.95. The highest BCUT2D eigenvalue weighted by atomic mass is 16.3. The average Bonchev–Trinajstić information content (AvgIpc) is 2.11. The van der Waals surface area contributed by atoms with Crippen LogP contribution in [-0.4, -0.2) is 5.11 Å². The molecule has 0 saturated carbocycles. The summed E-state index contributed by atoms with van der Waals surface area (Å²) in [5.41, 5.74) is 1.78. The zero-order chi connectivity index (χ0) is 9.68. The van der Waals surface area contributed by atoms with Crippen LogP contribution in [0.4, 0.5) is 0 Å². The molecule has 2 heteroatoms. The van der Waals surface area contributed by atoms with Crippen LogP contribution in [0.3, 0.4) is 0 Å². The predicted octanol–water partition coefficient (Wildman–Crippen LogP) is 1.97. The summed E-state index contributed by atoms with van der Waals surface area (Å²) in [5.74, 6) is 5.72. The first-order chi connectivity index (χ1) is 6.24. The molecule has 0 amide bonds. The van der Waals surface area contributed by atoms with Gasteiger partial charge < -0.3 is 5.11 Å². The molecule has 0 spiro atoms. The molecule has 0 radical (unpaired) electrons. The Balaban J connectivity index is 2.97. The van der Waals surface area contributed by atoms with Crippen molar-refractivity contribution in [2.45, 2.75) is 13.3 Å². The van der Waals surface area contributed by atoms with Gasteiger partial charge in [0.1, 0.15) is 5.75 Å². The molecule has 0 heterocycles. The van der Waals surface area contributed by atoms with Gasteiger partial charge in [0.15, 0.2) is 0 Å². The fraction of sp³-hybridized carbons (Fsp3) is 0.182. The van der Waals surface area contributed by atoms with Crippen molar-refractivity contribution in [2.24, 2.45) is 0 Å². The van der Waals surface area contributed by atoms with E-state index in [9.17, 15) is 0 Å². The second-order valence-corrected chi connectivity index (χ2v) is 2.64. The van der Waals surface area contributed by atoms with E-state index in [0.717, 1.165) is 11.1 Å². The highest BCUT2D eigenvalue weighted by Gasteiger charge is 1.94. The number of phenols is 1. The van der Waals surface area contributed by atoms with E-state index in [2.05, 4.69) is 11.8 Å². The Kier molecular flexibility index (Phi) is 2.95. The van der Waals surface area contributed by atoms with E-state index in [-0.39, 0.29) is 12.2 Å².